The second-order valence-corrected chi connectivity index (χ2v) is 6.85. The van der Waals surface area contributed by atoms with Gasteiger partial charge in [-0.15, -0.1) is 0 Å². The first-order chi connectivity index (χ1) is 10.8. The molecule has 5 rings (SSSR count). The number of benzene rings is 2. The van der Waals surface area contributed by atoms with Crippen LogP contribution in [0.3, 0.4) is 0 Å². The lowest BCUT2D eigenvalue weighted by Gasteiger charge is -2.19. The Balaban J connectivity index is 1.47. The van der Waals surface area contributed by atoms with Crippen molar-refractivity contribution >= 4 is 16.7 Å². The lowest BCUT2D eigenvalue weighted by atomic mass is 9.82. The van der Waals surface area contributed by atoms with Gasteiger partial charge in [0.25, 0.3) is 5.91 Å². The Hall–Kier alpha value is -1.87. The summed E-state index contributed by atoms with van der Waals surface area (Å²) in [6.07, 6.45) is 3.17. The van der Waals surface area contributed by atoms with Gasteiger partial charge in [-0.05, 0) is 29.7 Å². The second kappa shape index (κ2) is 4.56. The van der Waals surface area contributed by atoms with E-state index >= 15 is 0 Å². The van der Waals surface area contributed by atoms with Gasteiger partial charge in [0.1, 0.15) is 0 Å². The molecule has 0 radical (unpaired) electrons. The Morgan fingerprint density at radius 3 is 2.41 bits per heavy atom. The maximum atomic E-state index is 13.0. The third kappa shape index (κ3) is 1.69. The molecule has 0 N–H and O–H groups in total. The summed E-state index contributed by atoms with van der Waals surface area (Å²) in [6, 6.07) is 14.2. The summed E-state index contributed by atoms with van der Waals surface area (Å²) in [5, 5.41) is 2.20. The fourth-order valence-corrected chi connectivity index (χ4v) is 4.71. The van der Waals surface area contributed by atoms with Crippen LogP contribution in [-0.4, -0.2) is 36.1 Å². The van der Waals surface area contributed by atoms with Crippen LogP contribution in [0.2, 0.25) is 0 Å². The van der Waals surface area contributed by atoms with Gasteiger partial charge in [-0.2, -0.15) is 0 Å². The van der Waals surface area contributed by atoms with Crippen LogP contribution >= 0.6 is 0 Å². The number of amides is 1. The van der Waals surface area contributed by atoms with E-state index in [2.05, 4.69) is 17.0 Å². The molecule has 3 heteroatoms. The van der Waals surface area contributed by atoms with E-state index in [1.807, 2.05) is 30.3 Å². The van der Waals surface area contributed by atoms with Crippen LogP contribution in [0.1, 0.15) is 23.2 Å². The highest BCUT2D eigenvalue weighted by molar-refractivity contribution is 6.07. The molecular formula is C19H19NO2. The van der Waals surface area contributed by atoms with E-state index in [-0.39, 0.29) is 5.91 Å². The SMILES string of the molecule is O=C(c1cccc2ccccc12)N1C[C@@H]2[C@H](C1)[C@H]1CC[C@H]2O1. The molecule has 3 heterocycles. The first-order valence-electron chi connectivity index (χ1n) is 8.24. The van der Waals surface area contributed by atoms with Crippen LogP contribution in [0.5, 0.6) is 0 Å². The number of nitrogens with zero attached hydrogens (tertiary/aromatic N) is 1. The van der Waals surface area contributed by atoms with Crippen LogP contribution < -0.4 is 0 Å². The molecule has 0 saturated carbocycles. The third-order valence-electron chi connectivity index (χ3n) is 5.76. The van der Waals surface area contributed by atoms with E-state index in [0.29, 0.717) is 24.0 Å². The van der Waals surface area contributed by atoms with E-state index in [9.17, 15) is 4.79 Å². The van der Waals surface area contributed by atoms with Crippen molar-refractivity contribution in [3.8, 4) is 0 Å². The standard InChI is InChI=1S/C19H19NO2/c21-19(14-7-3-5-12-4-1-2-6-13(12)14)20-10-15-16(11-20)18-9-8-17(15)22-18/h1-7,15-18H,8-11H2/t15-,16+,17-,18-/m1/s1. The number of hydrogen-bond acceptors (Lipinski definition) is 2. The van der Waals surface area contributed by atoms with Gasteiger partial charge in [-0.1, -0.05) is 36.4 Å². The summed E-state index contributed by atoms with van der Waals surface area (Å²) < 4.78 is 6.01. The first kappa shape index (κ1) is 12.7. The molecule has 0 aromatic heterocycles. The molecule has 3 nitrogen and oxygen atoms in total. The molecule has 2 aromatic rings. The maximum absolute atomic E-state index is 13.0. The zero-order valence-corrected chi connectivity index (χ0v) is 12.4. The van der Waals surface area contributed by atoms with Crippen molar-refractivity contribution in [1.82, 2.24) is 4.90 Å². The number of fused-ring (bicyclic) bond motifs is 6. The smallest absolute Gasteiger partial charge is 0.254 e. The second-order valence-electron chi connectivity index (χ2n) is 6.85. The van der Waals surface area contributed by atoms with Crippen molar-refractivity contribution in [3.05, 3.63) is 48.0 Å². The van der Waals surface area contributed by atoms with Gasteiger partial charge in [0, 0.05) is 30.5 Å². The lowest BCUT2D eigenvalue weighted by molar-refractivity contribution is 0.0595. The Labute approximate surface area is 129 Å². The van der Waals surface area contributed by atoms with E-state index in [1.54, 1.807) is 0 Å². The van der Waals surface area contributed by atoms with Crippen LogP contribution in [0.15, 0.2) is 42.5 Å². The topological polar surface area (TPSA) is 29.5 Å². The van der Waals surface area contributed by atoms with Crippen LogP contribution in [-0.2, 0) is 4.74 Å². The van der Waals surface area contributed by atoms with Crippen molar-refractivity contribution < 1.29 is 9.53 Å². The number of carbonyl (C=O) groups excluding carboxylic acids is 1. The normalized spacial score (nSPS) is 32.6. The number of hydrogen-bond donors (Lipinski definition) is 0. The van der Waals surface area contributed by atoms with Crippen LogP contribution in [0.4, 0.5) is 0 Å². The Morgan fingerprint density at radius 2 is 1.64 bits per heavy atom. The van der Waals surface area contributed by atoms with Crippen molar-refractivity contribution in [2.75, 3.05) is 13.1 Å². The van der Waals surface area contributed by atoms with Gasteiger partial charge < -0.3 is 9.64 Å². The van der Waals surface area contributed by atoms with Gasteiger partial charge in [-0.25, -0.2) is 0 Å². The Morgan fingerprint density at radius 1 is 0.955 bits per heavy atom. The minimum Gasteiger partial charge on any atom is -0.374 e. The Kier molecular flexibility index (Phi) is 2.62. The molecule has 0 aliphatic carbocycles. The van der Waals surface area contributed by atoms with Crippen molar-refractivity contribution in [2.45, 2.75) is 25.0 Å². The van der Waals surface area contributed by atoms with Crippen molar-refractivity contribution in [1.29, 1.82) is 0 Å². The quantitative estimate of drug-likeness (QED) is 0.808. The fraction of sp³-hybridized carbons (Fsp3) is 0.421. The van der Waals surface area contributed by atoms with Crippen molar-refractivity contribution in [2.24, 2.45) is 11.8 Å². The largest absolute Gasteiger partial charge is 0.374 e. The summed E-state index contributed by atoms with van der Waals surface area (Å²) in [5.41, 5.74) is 0.839. The summed E-state index contributed by atoms with van der Waals surface area (Å²) in [4.78, 5) is 15.1. The summed E-state index contributed by atoms with van der Waals surface area (Å²) in [6.45, 7) is 1.74. The molecule has 1 amide bonds. The summed E-state index contributed by atoms with van der Waals surface area (Å²) in [5.74, 6) is 1.32. The zero-order valence-electron chi connectivity index (χ0n) is 12.4. The molecule has 2 bridgehead atoms. The molecule has 0 unspecified atom stereocenters. The zero-order chi connectivity index (χ0) is 14.7. The molecule has 3 aliphatic heterocycles. The number of likely N-dealkylation sites (tertiary alicyclic amines) is 1. The van der Waals surface area contributed by atoms with Gasteiger partial charge >= 0.3 is 0 Å². The number of ether oxygens (including phenoxy) is 1. The average molecular weight is 293 g/mol. The van der Waals surface area contributed by atoms with Gasteiger partial charge in [0.05, 0.1) is 12.2 Å². The molecular weight excluding hydrogens is 274 g/mol. The minimum absolute atomic E-state index is 0.186. The predicted molar refractivity (Wildman–Crippen MR) is 84.7 cm³/mol. The minimum atomic E-state index is 0.186. The number of rotatable bonds is 1. The molecule has 3 saturated heterocycles. The lowest BCUT2D eigenvalue weighted by Crippen LogP contribution is -2.31. The highest BCUT2D eigenvalue weighted by atomic mass is 16.5. The molecule has 3 aliphatic rings. The highest BCUT2D eigenvalue weighted by Gasteiger charge is 2.53. The third-order valence-corrected chi connectivity index (χ3v) is 5.76. The van der Waals surface area contributed by atoms with Crippen LogP contribution in [0.25, 0.3) is 10.8 Å². The average Bonchev–Trinajstić information content (AvgIpc) is 3.26. The summed E-state index contributed by atoms with van der Waals surface area (Å²) in [7, 11) is 0. The Bertz CT molecular complexity index is 733. The van der Waals surface area contributed by atoms with Crippen LogP contribution in [0, 0.1) is 11.8 Å². The van der Waals surface area contributed by atoms with Gasteiger partial charge in [0.2, 0.25) is 0 Å². The summed E-state index contributed by atoms with van der Waals surface area (Å²) >= 11 is 0. The molecule has 112 valence electrons. The van der Waals surface area contributed by atoms with Crippen molar-refractivity contribution in [3.63, 3.8) is 0 Å². The molecule has 22 heavy (non-hydrogen) atoms. The van der Waals surface area contributed by atoms with E-state index in [1.165, 1.54) is 12.8 Å². The molecule has 0 spiro atoms. The number of carbonyl (C=O) groups is 1. The fourth-order valence-electron chi connectivity index (χ4n) is 4.71. The molecule has 4 atom stereocenters. The monoisotopic (exact) mass is 293 g/mol. The van der Waals surface area contributed by atoms with E-state index < -0.39 is 0 Å². The highest BCUT2D eigenvalue weighted by Crippen LogP contribution is 2.47. The molecule has 3 fully saturated rings. The van der Waals surface area contributed by atoms with E-state index in [4.69, 9.17) is 4.74 Å². The van der Waals surface area contributed by atoms with Gasteiger partial charge in [0.15, 0.2) is 0 Å². The van der Waals surface area contributed by atoms with E-state index in [0.717, 1.165) is 29.4 Å². The molecule has 2 aromatic carbocycles. The predicted octanol–water partition coefficient (Wildman–Crippen LogP) is 3.09. The maximum Gasteiger partial charge on any atom is 0.254 e. The van der Waals surface area contributed by atoms with Gasteiger partial charge in [-0.3, -0.25) is 4.79 Å². The first-order valence-corrected chi connectivity index (χ1v) is 8.24.